The van der Waals surface area contributed by atoms with Gasteiger partial charge < -0.3 is 9.73 Å². The smallest absolute Gasteiger partial charge is 0.230 e. The topological polar surface area (TPSA) is 73.0 Å². The van der Waals surface area contributed by atoms with E-state index in [4.69, 9.17) is 4.42 Å². The molecule has 1 amide bonds. The van der Waals surface area contributed by atoms with Crippen LogP contribution in [-0.4, -0.2) is 32.5 Å². The van der Waals surface area contributed by atoms with E-state index >= 15 is 0 Å². The van der Waals surface area contributed by atoms with Crippen molar-refractivity contribution in [2.75, 3.05) is 5.75 Å². The molecule has 136 valence electrons. The molecule has 0 aliphatic heterocycles. The molecule has 0 saturated heterocycles. The lowest BCUT2D eigenvalue weighted by Crippen LogP contribution is -2.33. The number of benzene rings is 1. The minimum Gasteiger partial charge on any atom is -0.461 e. The predicted molar refractivity (Wildman–Crippen MR) is 102 cm³/mol. The van der Waals surface area contributed by atoms with Gasteiger partial charge >= 0.3 is 0 Å². The largest absolute Gasteiger partial charge is 0.461 e. The Morgan fingerprint density at radius 2 is 2.04 bits per heavy atom. The normalized spacial score (nSPS) is 12.1. The van der Waals surface area contributed by atoms with Gasteiger partial charge in [0.2, 0.25) is 11.7 Å². The Morgan fingerprint density at radius 3 is 2.73 bits per heavy atom. The van der Waals surface area contributed by atoms with Gasteiger partial charge in [0.15, 0.2) is 10.9 Å². The number of furan rings is 1. The third-order valence-electron chi connectivity index (χ3n) is 3.99. The second-order valence-electron chi connectivity index (χ2n) is 6.02. The van der Waals surface area contributed by atoms with Crippen LogP contribution in [-0.2, 0) is 11.3 Å². The number of hydrogen-bond acceptors (Lipinski definition) is 5. The first kappa shape index (κ1) is 18.3. The predicted octanol–water partition coefficient (Wildman–Crippen LogP) is 3.59. The molecule has 1 N–H and O–H groups in total. The number of hydrogen-bond donors (Lipinski definition) is 1. The first-order valence-corrected chi connectivity index (χ1v) is 9.59. The second kappa shape index (κ2) is 8.71. The fraction of sp³-hybridized carbons (Fsp3) is 0.316. The summed E-state index contributed by atoms with van der Waals surface area (Å²) in [7, 11) is 0. The van der Waals surface area contributed by atoms with Crippen molar-refractivity contribution in [1.82, 2.24) is 20.1 Å². The highest BCUT2D eigenvalue weighted by Crippen LogP contribution is 2.25. The second-order valence-corrected chi connectivity index (χ2v) is 6.96. The van der Waals surface area contributed by atoms with Crippen molar-refractivity contribution in [3.8, 4) is 11.6 Å². The van der Waals surface area contributed by atoms with E-state index in [1.54, 1.807) is 6.26 Å². The van der Waals surface area contributed by atoms with E-state index in [-0.39, 0.29) is 11.9 Å². The highest BCUT2D eigenvalue weighted by Gasteiger charge is 2.18. The molecule has 1 unspecified atom stereocenters. The van der Waals surface area contributed by atoms with E-state index in [0.717, 1.165) is 12.0 Å². The highest BCUT2D eigenvalue weighted by molar-refractivity contribution is 7.99. The monoisotopic (exact) mass is 370 g/mol. The minimum atomic E-state index is -0.00170. The van der Waals surface area contributed by atoms with E-state index in [0.29, 0.717) is 29.0 Å². The molecular weight excluding hydrogens is 348 g/mol. The molecule has 7 heteroatoms. The maximum atomic E-state index is 12.1. The van der Waals surface area contributed by atoms with Crippen molar-refractivity contribution < 1.29 is 9.21 Å². The number of aromatic nitrogens is 3. The maximum absolute atomic E-state index is 12.1. The van der Waals surface area contributed by atoms with Crippen molar-refractivity contribution in [3.63, 3.8) is 0 Å². The minimum absolute atomic E-state index is 0.00170. The molecule has 0 saturated carbocycles. The summed E-state index contributed by atoms with van der Waals surface area (Å²) in [6.45, 7) is 4.65. The lowest BCUT2D eigenvalue weighted by molar-refractivity contribution is -0.119. The number of carbonyl (C=O) groups is 1. The molecule has 2 aromatic heterocycles. The molecule has 0 bridgehead atoms. The van der Waals surface area contributed by atoms with Crippen molar-refractivity contribution in [2.45, 2.75) is 38.0 Å². The zero-order valence-corrected chi connectivity index (χ0v) is 15.7. The Kier molecular flexibility index (Phi) is 6.12. The standard InChI is InChI=1S/C19H22N4O2S/c1-3-14(2)20-17(24)13-26-19-22-21-18(16-10-7-11-25-16)23(19)12-15-8-5-4-6-9-15/h4-11,14H,3,12-13H2,1-2H3,(H,20,24). The zero-order chi connectivity index (χ0) is 18.4. The SMILES string of the molecule is CCC(C)NC(=O)CSc1nnc(-c2ccco2)n1Cc1ccccc1. The average Bonchev–Trinajstić information content (AvgIpc) is 3.30. The van der Waals surface area contributed by atoms with Gasteiger partial charge in [0.05, 0.1) is 18.6 Å². The molecule has 0 aliphatic rings. The average molecular weight is 370 g/mol. The van der Waals surface area contributed by atoms with Crippen molar-refractivity contribution in [2.24, 2.45) is 0 Å². The Balaban J connectivity index is 1.80. The number of nitrogens with one attached hydrogen (secondary N) is 1. The van der Waals surface area contributed by atoms with Crippen LogP contribution in [0, 0.1) is 0 Å². The van der Waals surface area contributed by atoms with Gasteiger partial charge in [-0.2, -0.15) is 0 Å². The van der Waals surface area contributed by atoms with Gasteiger partial charge in [-0.1, -0.05) is 49.0 Å². The van der Waals surface area contributed by atoms with Crippen LogP contribution >= 0.6 is 11.8 Å². The van der Waals surface area contributed by atoms with Crippen LogP contribution < -0.4 is 5.32 Å². The molecule has 0 radical (unpaired) electrons. The van der Waals surface area contributed by atoms with E-state index < -0.39 is 0 Å². The fourth-order valence-electron chi connectivity index (χ4n) is 2.44. The number of rotatable bonds is 8. The quantitative estimate of drug-likeness (QED) is 0.614. The van der Waals surface area contributed by atoms with Gasteiger partial charge in [0, 0.05) is 6.04 Å². The van der Waals surface area contributed by atoms with Crippen LogP contribution in [0.5, 0.6) is 0 Å². The lowest BCUT2D eigenvalue weighted by Gasteiger charge is -2.12. The Bertz CT molecular complexity index is 831. The van der Waals surface area contributed by atoms with Crippen LogP contribution in [0.25, 0.3) is 11.6 Å². The molecule has 2 heterocycles. The van der Waals surface area contributed by atoms with Gasteiger partial charge in [0.25, 0.3) is 0 Å². The summed E-state index contributed by atoms with van der Waals surface area (Å²) >= 11 is 1.38. The van der Waals surface area contributed by atoms with Crippen molar-refractivity contribution >= 4 is 17.7 Å². The lowest BCUT2D eigenvalue weighted by atomic mass is 10.2. The van der Waals surface area contributed by atoms with Crippen LogP contribution in [0.4, 0.5) is 0 Å². The van der Waals surface area contributed by atoms with Gasteiger partial charge in [-0.25, -0.2) is 0 Å². The van der Waals surface area contributed by atoms with Gasteiger partial charge in [-0.15, -0.1) is 10.2 Å². The van der Waals surface area contributed by atoms with Gasteiger partial charge in [0.1, 0.15) is 0 Å². The number of nitrogens with zero attached hydrogens (tertiary/aromatic N) is 3. The molecule has 3 aromatic rings. The zero-order valence-electron chi connectivity index (χ0n) is 14.9. The number of thioether (sulfide) groups is 1. The third-order valence-corrected chi connectivity index (χ3v) is 4.96. The summed E-state index contributed by atoms with van der Waals surface area (Å²) in [5, 5.41) is 12.2. The highest BCUT2D eigenvalue weighted by atomic mass is 32.2. The first-order valence-electron chi connectivity index (χ1n) is 8.60. The molecule has 26 heavy (non-hydrogen) atoms. The van der Waals surface area contributed by atoms with E-state index in [1.165, 1.54) is 11.8 Å². The van der Waals surface area contributed by atoms with Crippen molar-refractivity contribution in [1.29, 1.82) is 0 Å². The van der Waals surface area contributed by atoms with Crippen LogP contribution in [0.3, 0.4) is 0 Å². The molecule has 1 atom stereocenters. The number of carbonyl (C=O) groups excluding carboxylic acids is 1. The van der Waals surface area contributed by atoms with Gasteiger partial charge in [-0.3, -0.25) is 9.36 Å². The third kappa shape index (κ3) is 4.54. The first-order chi connectivity index (χ1) is 12.7. The van der Waals surface area contributed by atoms with Crippen LogP contribution in [0.15, 0.2) is 58.3 Å². The Labute approximate surface area is 157 Å². The summed E-state index contributed by atoms with van der Waals surface area (Å²) < 4.78 is 7.47. The summed E-state index contributed by atoms with van der Waals surface area (Å²) in [6.07, 6.45) is 2.52. The molecule has 0 aliphatic carbocycles. The Morgan fingerprint density at radius 1 is 1.23 bits per heavy atom. The number of amides is 1. The summed E-state index contributed by atoms with van der Waals surface area (Å²) in [6, 6.07) is 13.9. The van der Waals surface area contributed by atoms with E-state index in [2.05, 4.69) is 27.6 Å². The molecule has 0 spiro atoms. The summed E-state index contributed by atoms with van der Waals surface area (Å²) in [4.78, 5) is 12.1. The summed E-state index contributed by atoms with van der Waals surface area (Å²) in [5.41, 5.74) is 1.13. The molecule has 3 rings (SSSR count). The molecule has 6 nitrogen and oxygen atoms in total. The summed E-state index contributed by atoms with van der Waals surface area (Å²) in [5.74, 6) is 1.61. The van der Waals surface area contributed by atoms with Gasteiger partial charge in [-0.05, 0) is 31.0 Å². The van der Waals surface area contributed by atoms with Crippen LogP contribution in [0.1, 0.15) is 25.8 Å². The van der Waals surface area contributed by atoms with Crippen LogP contribution in [0.2, 0.25) is 0 Å². The van der Waals surface area contributed by atoms with E-state index in [1.807, 2.05) is 48.7 Å². The fourth-order valence-corrected chi connectivity index (χ4v) is 3.19. The molecular formula is C19H22N4O2S. The van der Waals surface area contributed by atoms with E-state index in [9.17, 15) is 4.79 Å². The molecule has 1 aromatic carbocycles. The Hall–Kier alpha value is -2.54. The maximum Gasteiger partial charge on any atom is 0.230 e. The molecule has 0 fully saturated rings. The van der Waals surface area contributed by atoms with Crippen molar-refractivity contribution in [3.05, 3.63) is 54.3 Å².